The molecule has 0 aromatic rings. The Morgan fingerprint density at radius 3 is 2.53 bits per heavy atom. The molecule has 5 nitrogen and oxygen atoms in total. The number of hydrogen-bond acceptors (Lipinski definition) is 3. The SMILES string of the molecule is CC(C)N(CC(N)=O)C(=O)[C@@H]1CCCNC1.Cl. The van der Waals surface area contributed by atoms with Gasteiger partial charge in [0.25, 0.3) is 0 Å². The minimum Gasteiger partial charge on any atom is -0.368 e. The van der Waals surface area contributed by atoms with Crippen LogP contribution >= 0.6 is 12.4 Å². The molecule has 0 aromatic carbocycles. The Balaban J connectivity index is 0.00000256. The number of amides is 2. The second-order valence-electron chi connectivity index (χ2n) is 4.57. The fraction of sp³-hybridized carbons (Fsp3) is 0.818. The summed E-state index contributed by atoms with van der Waals surface area (Å²) < 4.78 is 0. The third-order valence-electron chi connectivity index (χ3n) is 2.88. The highest BCUT2D eigenvalue weighted by atomic mass is 35.5. The molecule has 6 heteroatoms. The van der Waals surface area contributed by atoms with Crippen molar-refractivity contribution in [2.24, 2.45) is 11.7 Å². The molecule has 1 fully saturated rings. The molecular formula is C11H22ClN3O2. The number of rotatable bonds is 4. The van der Waals surface area contributed by atoms with E-state index in [0.717, 1.165) is 19.4 Å². The second kappa shape index (κ2) is 7.50. The van der Waals surface area contributed by atoms with Crippen LogP contribution in [0.2, 0.25) is 0 Å². The minimum absolute atomic E-state index is 0. The molecule has 0 saturated carbocycles. The van der Waals surface area contributed by atoms with E-state index in [9.17, 15) is 9.59 Å². The van der Waals surface area contributed by atoms with Crippen molar-refractivity contribution in [1.29, 1.82) is 0 Å². The number of nitrogens with zero attached hydrogens (tertiary/aromatic N) is 1. The van der Waals surface area contributed by atoms with Crippen molar-refractivity contribution >= 4 is 24.2 Å². The molecule has 1 atom stereocenters. The Morgan fingerprint density at radius 1 is 1.47 bits per heavy atom. The van der Waals surface area contributed by atoms with Gasteiger partial charge in [-0.15, -0.1) is 12.4 Å². The largest absolute Gasteiger partial charge is 0.368 e. The van der Waals surface area contributed by atoms with Gasteiger partial charge in [0.2, 0.25) is 11.8 Å². The zero-order chi connectivity index (χ0) is 12.1. The van der Waals surface area contributed by atoms with Crippen molar-refractivity contribution in [2.45, 2.75) is 32.7 Å². The van der Waals surface area contributed by atoms with Crippen molar-refractivity contribution < 1.29 is 9.59 Å². The summed E-state index contributed by atoms with van der Waals surface area (Å²) in [6, 6.07) is 0.0157. The number of hydrogen-bond donors (Lipinski definition) is 2. The summed E-state index contributed by atoms with van der Waals surface area (Å²) in [5, 5.41) is 3.20. The predicted octanol–water partition coefficient (Wildman–Crippen LogP) is 0.130. The molecule has 1 rings (SSSR count). The van der Waals surface area contributed by atoms with E-state index in [0.29, 0.717) is 6.54 Å². The maximum Gasteiger partial charge on any atom is 0.237 e. The van der Waals surface area contributed by atoms with Crippen molar-refractivity contribution in [1.82, 2.24) is 10.2 Å². The molecule has 1 heterocycles. The highest BCUT2D eigenvalue weighted by Crippen LogP contribution is 2.14. The van der Waals surface area contributed by atoms with E-state index in [1.165, 1.54) is 0 Å². The molecule has 1 saturated heterocycles. The zero-order valence-electron chi connectivity index (χ0n) is 10.4. The molecule has 3 N–H and O–H groups in total. The van der Waals surface area contributed by atoms with Crippen LogP contribution in [-0.4, -0.2) is 42.4 Å². The van der Waals surface area contributed by atoms with Crippen molar-refractivity contribution in [3.8, 4) is 0 Å². The molecule has 100 valence electrons. The van der Waals surface area contributed by atoms with Gasteiger partial charge in [-0.05, 0) is 33.2 Å². The molecule has 0 unspecified atom stereocenters. The summed E-state index contributed by atoms with van der Waals surface area (Å²) in [5.74, 6) is -0.415. The van der Waals surface area contributed by atoms with Gasteiger partial charge in [-0.2, -0.15) is 0 Å². The number of piperidine rings is 1. The monoisotopic (exact) mass is 263 g/mol. The van der Waals surface area contributed by atoms with Crippen molar-refractivity contribution in [3.63, 3.8) is 0 Å². The quantitative estimate of drug-likeness (QED) is 0.757. The lowest BCUT2D eigenvalue weighted by atomic mass is 9.97. The number of primary amides is 1. The van der Waals surface area contributed by atoms with Gasteiger partial charge in [0, 0.05) is 12.6 Å². The van der Waals surface area contributed by atoms with Crippen LogP contribution in [0.25, 0.3) is 0 Å². The molecule has 1 aliphatic heterocycles. The van der Waals surface area contributed by atoms with Crippen LogP contribution in [0.3, 0.4) is 0 Å². The Bertz CT molecular complexity index is 265. The van der Waals surface area contributed by atoms with Crippen LogP contribution in [0.1, 0.15) is 26.7 Å². The summed E-state index contributed by atoms with van der Waals surface area (Å²) in [6.07, 6.45) is 1.91. The summed E-state index contributed by atoms with van der Waals surface area (Å²) >= 11 is 0. The van der Waals surface area contributed by atoms with Crippen LogP contribution in [-0.2, 0) is 9.59 Å². The topological polar surface area (TPSA) is 75.4 Å². The van der Waals surface area contributed by atoms with Crippen molar-refractivity contribution in [2.75, 3.05) is 19.6 Å². The standard InChI is InChI=1S/C11H21N3O2.ClH/c1-8(2)14(7-10(12)15)11(16)9-4-3-5-13-6-9;/h8-9,13H,3-7H2,1-2H3,(H2,12,15);1H/t9-;/m1./s1. The van der Waals surface area contributed by atoms with E-state index in [1.807, 2.05) is 13.8 Å². The number of carbonyl (C=O) groups excluding carboxylic acids is 2. The molecular weight excluding hydrogens is 242 g/mol. The van der Waals surface area contributed by atoms with Crippen LogP contribution in [0, 0.1) is 5.92 Å². The first kappa shape index (κ1) is 16.2. The van der Waals surface area contributed by atoms with Gasteiger partial charge in [-0.25, -0.2) is 0 Å². The van der Waals surface area contributed by atoms with E-state index in [-0.39, 0.29) is 36.8 Å². The number of nitrogens with two attached hydrogens (primary N) is 1. The van der Waals surface area contributed by atoms with Gasteiger partial charge in [0.05, 0.1) is 12.5 Å². The Hall–Kier alpha value is -0.810. The van der Waals surface area contributed by atoms with Crippen LogP contribution in [0.5, 0.6) is 0 Å². The first-order valence-corrected chi connectivity index (χ1v) is 5.82. The Kier molecular flexibility index (Phi) is 7.15. The average Bonchev–Trinajstić information content (AvgIpc) is 2.25. The number of halogens is 1. The molecule has 0 aliphatic carbocycles. The summed E-state index contributed by atoms with van der Waals surface area (Å²) in [4.78, 5) is 24.6. The molecule has 0 bridgehead atoms. The van der Waals surface area contributed by atoms with Gasteiger partial charge in [-0.1, -0.05) is 0 Å². The maximum absolute atomic E-state index is 12.2. The Morgan fingerprint density at radius 2 is 2.12 bits per heavy atom. The highest BCUT2D eigenvalue weighted by Gasteiger charge is 2.28. The molecule has 1 aliphatic rings. The van der Waals surface area contributed by atoms with E-state index in [2.05, 4.69) is 5.32 Å². The lowest BCUT2D eigenvalue weighted by Gasteiger charge is -2.31. The van der Waals surface area contributed by atoms with Gasteiger partial charge < -0.3 is 16.0 Å². The normalized spacial score (nSPS) is 19.6. The zero-order valence-corrected chi connectivity index (χ0v) is 11.3. The van der Waals surface area contributed by atoms with Crippen LogP contribution in [0.4, 0.5) is 0 Å². The molecule has 17 heavy (non-hydrogen) atoms. The number of nitrogens with one attached hydrogen (secondary N) is 1. The van der Waals surface area contributed by atoms with Gasteiger partial charge in [0.15, 0.2) is 0 Å². The smallest absolute Gasteiger partial charge is 0.237 e. The fourth-order valence-corrected chi connectivity index (χ4v) is 1.98. The van der Waals surface area contributed by atoms with Crippen LogP contribution in [0.15, 0.2) is 0 Å². The average molecular weight is 264 g/mol. The second-order valence-corrected chi connectivity index (χ2v) is 4.57. The third kappa shape index (κ3) is 4.91. The first-order chi connectivity index (χ1) is 7.52. The van der Waals surface area contributed by atoms with E-state index >= 15 is 0 Å². The van der Waals surface area contributed by atoms with Gasteiger partial charge in [0.1, 0.15) is 0 Å². The highest BCUT2D eigenvalue weighted by molar-refractivity contribution is 5.85. The lowest BCUT2D eigenvalue weighted by Crippen LogP contribution is -2.48. The molecule has 0 radical (unpaired) electrons. The molecule has 0 spiro atoms. The van der Waals surface area contributed by atoms with Gasteiger partial charge >= 0.3 is 0 Å². The summed E-state index contributed by atoms with van der Waals surface area (Å²) in [6.45, 7) is 5.50. The third-order valence-corrected chi connectivity index (χ3v) is 2.88. The fourth-order valence-electron chi connectivity index (χ4n) is 1.98. The van der Waals surface area contributed by atoms with Crippen LogP contribution < -0.4 is 11.1 Å². The van der Waals surface area contributed by atoms with Crippen molar-refractivity contribution in [3.05, 3.63) is 0 Å². The van der Waals surface area contributed by atoms with E-state index in [4.69, 9.17) is 5.73 Å². The Labute approximate surface area is 109 Å². The summed E-state index contributed by atoms with van der Waals surface area (Å²) in [5.41, 5.74) is 5.15. The predicted molar refractivity (Wildman–Crippen MR) is 68.9 cm³/mol. The van der Waals surface area contributed by atoms with Gasteiger partial charge in [-0.3, -0.25) is 9.59 Å². The molecule has 0 aromatic heterocycles. The van der Waals surface area contributed by atoms with E-state index in [1.54, 1.807) is 4.90 Å². The molecule has 2 amide bonds. The lowest BCUT2D eigenvalue weighted by molar-refractivity contribution is -0.141. The first-order valence-electron chi connectivity index (χ1n) is 5.82. The summed E-state index contributed by atoms with van der Waals surface area (Å²) in [7, 11) is 0. The maximum atomic E-state index is 12.2. The minimum atomic E-state index is -0.453. The van der Waals surface area contributed by atoms with E-state index < -0.39 is 5.91 Å². The number of carbonyl (C=O) groups is 2.